The topological polar surface area (TPSA) is 26.3 Å². The molecule has 0 fully saturated rings. The second-order valence-electron chi connectivity index (χ2n) is 5.06. The number of hydrogen-bond donors (Lipinski definition) is 0. The maximum absolute atomic E-state index is 11.2. The van der Waals surface area contributed by atoms with Crippen LogP contribution in [-0.2, 0) is 0 Å². The normalized spacial score (nSPS) is 12.5. The third-order valence-corrected chi connectivity index (χ3v) is 5.42. The Labute approximate surface area is 128 Å². The van der Waals surface area contributed by atoms with Gasteiger partial charge in [0.1, 0.15) is 5.75 Å². The summed E-state index contributed by atoms with van der Waals surface area (Å²) in [6, 6.07) is 14.1. The lowest BCUT2D eigenvalue weighted by Crippen LogP contribution is -2.06. The maximum atomic E-state index is 11.2. The molecule has 0 saturated carbocycles. The Morgan fingerprint density at radius 3 is 2.67 bits per heavy atom. The summed E-state index contributed by atoms with van der Waals surface area (Å²) in [6.45, 7) is 4.28. The number of methoxy groups -OCH3 is 1. The summed E-state index contributed by atoms with van der Waals surface area (Å²) in [6.07, 6.45) is 1.97. The minimum Gasteiger partial charge on any atom is -0.496 e. The molecule has 0 aliphatic carbocycles. The summed E-state index contributed by atoms with van der Waals surface area (Å²) in [5.74, 6) is 0.934. The van der Waals surface area contributed by atoms with Gasteiger partial charge >= 0.3 is 0 Å². The van der Waals surface area contributed by atoms with Crippen LogP contribution in [0.5, 0.6) is 5.75 Å². The quantitative estimate of drug-likeness (QED) is 0.588. The molecule has 110 valence electrons. The zero-order valence-electron chi connectivity index (χ0n) is 12.7. The first kappa shape index (κ1) is 15.7. The van der Waals surface area contributed by atoms with Crippen LogP contribution in [0.3, 0.4) is 0 Å². The van der Waals surface area contributed by atoms with Crippen LogP contribution < -0.4 is 10.0 Å². The van der Waals surface area contributed by atoms with Crippen molar-refractivity contribution in [3.63, 3.8) is 0 Å². The van der Waals surface area contributed by atoms with Crippen LogP contribution in [0, 0.1) is 6.92 Å². The lowest BCUT2D eigenvalue weighted by atomic mass is 10.1. The van der Waals surface area contributed by atoms with Crippen LogP contribution in [0.15, 0.2) is 42.5 Å². The van der Waals surface area contributed by atoms with E-state index in [4.69, 9.17) is 4.74 Å². The highest BCUT2D eigenvalue weighted by molar-refractivity contribution is 7.47. The fraction of sp³-hybridized carbons (Fsp3) is 0.278. The molecule has 2 aromatic rings. The Bertz CT molecular complexity index is 622. The fourth-order valence-corrected chi connectivity index (χ4v) is 3.91. The molecule has 2 nitrogen and oxygen atoms in total. The molecule has 0 amide bonds. The summed E-state index contributed by atoms with van der Waals surface area (Å²) in [4.78, 5) is 11.2. The number of hydrogen-bond acceptors (Lipinski definition) is 2. The molecule has 0 spiro atoms. The van der Waals surface area contributed by atoms with Crippen LogP contribution in [0.25, 0.3) is 0 Å². The lowest BCUT2D eigenvalue weighted by molar-refractivity contribution is 0.112. The number of aryl methyl sites for hydroxylation is 1. The molecular formula is C18H21O2P. The maximum Gasteiger partial charge on any atom is 0.150 e. The molecule has 0 aliphatic rings. The van der Waals surface area contributed by atoms with Crippen molar-refractivity contribution in [1.29, 1.82) is 0 Å². The lowest BCUT2D eigenvalue weighted by Gasteiger charge is -2.20. The van der Waals surface area contributed by atoms with E-state index in [0.717, 1.165) is 29.3 Å². The molecule has 2 aromatic carbocycles. The molecule has 0 saturated heterocycles. The molecule has 0 bridgehead atoms. The Hall–Kier alpha value is -1.66. The molecule has 3 heteroatoms. The van der Waals surface area contributed by atoms with Gasteiger partial charge in [-0.1, -0.05) is 57.5 Å². The van der Waals surface area contributed by atoms with Crippen molar-refractivity contribution < 1.29 is 9.53 Å². The Morgan fingerprint density at radius 2 is 2.00 bits per heavy atom. The van der Waals surface area contributed by atoms with Crippen molar-refractivity contribution in [2.75, 3.05) is 7.11 Å². The highest BCUT2D eigenvalue weighted by Gasteiger charge is 2.16. The molecule has 0 aromatic heterocycles. The highest BCUT2D eigenvalue weighted by Crippen LogP contribution is 2.41. The van der Waals surface area contributed by atoms with Crippen molar-refractivity contribution in [2.24, 2.45) is 0 Å². The molecule has 2 atom stereocenters. The number of rotatable bonds is 6. The van der Waals surface area contributed by atoms with E-state index in [0.29, 0.717) is 14.2 Å². The van der Waals surface area contributed by atoms with E-state index >= 15 is 0 Å². The van der Waals surface area contributed by atoms with E-state index in [2.05, 4.69) is 26.0 Å². The number of carbonyl (C=O) groups excluding carboxylic acids is 1. The van der Waals surface area contributed by atoms with Gasteiger partial charge in [0.25, 0.3) is 0 Å². The molecule has 2 unspecified atom stereocenters. The minimum atomic E-state index is 0.376. The third kappa shape index (κ3) is 3.71. The van der Waals surface area contributed by atoms with E-state index in [9.17, 15) is 4.79 Å². The van der Waals surface area contributed by atoms with Crippen molar-refractivity contribution in [3.8, 4) is 5.75 Å². The van der Waals surface area contributed by atoms with Crippen LogP contribution in [0.1, 0.15) is 40.5 Å². The van der Waals surface area contributed by atoms with Crippen LogP contribution in [-0.4, -0.2) is 13.4 Å². The number of aldehydes is 1. The predicted octanol–water partition coefficient (Wildman–Crippen LogP) is 4.27. The van der Waals surface area contributed by atoms with Gasteiger partial charge in [0, 0.05) is 16.8 Å². The Morgan fingerprint density at radius 1 is 1.24 bits per heavy atom. The standard InChI is InChI=1S/C18H21O2P/c1-4-17(15-11-13(2)9-10-16(15)20-3)21-18-8-6-5-7-14(18)12-19/h5-12,17,21H,4H2,1-3H3. The van der Waals surface area contributed by atoms with Gasteiger partial charge in [0.05, 0.1) is 7.11 Å². The van der Waals surface area contributed by atoms with Gasteiger partial charge in [-0.15, -0.1) is 0 Å². The number of ether oxygens (including phenoxy) is 1. The Kier molecular flexibility index (Phi) is 5.52. The predicted molar refractivity (Wildman–Crippen MR) is 90.5 cm³/mol. The van der Waals surface area contributed by atoms with Gasteiger partial charge in [-0.2, -0.15) is 0 Å². The highest BCUT2D eigenvalue weighted by atomic mass is 31.1. The molecule has 0 heterocycles. The summed E-state index contributed by atoms with van der Waals surface area (Å²) >= 11 is 0. The van der Waals surface area contributed by atoms with Crippen molar-refractivity contribution in [1.82, 2.24) is 0 Å². The summed E-state index contributed by atoms with van der Waals surface area (Å²) in [5, 5.41) is 1.13. The van der Waals surface area contributed by atoms with E-state index in [1.165, 1.54) is 11.1 Å². The van der Waals surface area contributed by atoms with Crippen LogP contribution in [0.4, 0.5) is 0 Å². The zero-order chi connectivity index (χ0) is 15.2. The van der Waals surface area contributed by atoms with Gasteiger partial charge in [-0.3, -0.25) is 4.79 Å². The molecule has 0 N–H and O–H groups in total. The van der Waals surface area contributed by atoms with E-state index in [1.807, 2.05) is 30.3 Å². The Balaban J connectivity index is 2.36. The molecule has 21 heavy (non-hydrogen) atoms. The second-order valence-corrected chi connectivity index (χ2v) is 6.58. The van der Waals surface area contributed by atoms with Crippen molar-refractivity contribution in [3.05, 3.63) is 59.2 Å². The first-order valence-corrected chi connectivity index (χ1v) is 8.22. The van der Waals surface area contributed by atoms with Crippen molar-refractivity contribution >= 4 is 20.2 Å². The average Bonchev–Trinajstić information content (AvgIpc) is 2.53. The summed E-state index contributed by atoms with van der Waals surface area (Å²) in [5.41, 5.74) is 3.64. The fourth-order valence-electron chi connectivity index (χ4n) is 2.44. The largest absolute Gasteiger partial charge is 0.496 e. The molecular weight excluding hydrogens is 279 g/mol. The molecule has 0 radical (unpaired) electrons. The van der Waals surface area contributed by atoms with Crippen molar-refractivity contribution in [2.45, 2.75) is 25.9 Å². The van der Waals surface area contributed by atoms with E-state index in [1.54, 1.807) is 7.11 Å². The minimum absolute atomic E-state index is 0.376. The van der Waals surface area contributed by atoms with Gasteiger partial charge in [-0.25, -0.2) is 0 Å². The van der Waals surface area contributed by atoms with E-state index < -0.39 is 0 Å². The summed E-state index contributed by atoms with van der Waals surface area (Å²) < 4.78 is 5.51. The smallest absolute Gasteiger partial charge is 0.150 e. The van der Waals surface area contributed by atoms with Gasteiger partial charge in [0.2, 0.25) is 0 Å². The number of carbonyl (C=O) groups is 1. The first-order valence-electron chi connectivity index (χ1n) is 7.14. The average molecular weight is 300 g/mol. The summed E-state index contributed by atoms with van der Waals surface area (Å²) in [7, 11) is 2.27. The third-order valence-electron chi connectivity index (χ3n) is 3.59. The molecule has 2 rings (SSSR count). The monoisotopic (exact) mass is 300 g/mol. The molecule has 0 aliphatic heterocycles. The zero-order valence-corrected chi connectivity index (χ0v) is 13.7. The van der Waals surface area contributed by atoms with Crippen LogP contribution in [0.2, 0.25) is 0 Å². The first-order chi connectivity index (χ1) is 10.2. The second kappa shape index (κ2) is 7.38. The number of benzene rings is 2. The van der Waals surface area contributed by atoms with Crippen LogP contribution >= 0.6 is 8.58 Å². The van der Waals surface area contributed by atoms with Gasteiger partial charge in [-0.05, 0) is 24.7 Å². The van der Waals surface area contributed by atoms with Gasteiger partial charge in [0.15, 0.2) is 6.29 Å². The van der Waals surface area contributed by atoms with E-state index in [-0.39, 0.29) is 0 Å². The van der Waals surface area contributed by atoms with Gasteiger partial charge < -0.3 is 4.74 Å². The SMILES string of the molecule is CCC(Pc1ccccc1C=O)c1cc(C)ccc1OC.